The molecule has 0 spiro atoms. The van der Waals surface area contributed by atoms with Crippen molar-refractivity contribution in [1.29, 1.82) is 0 Å². The molecule has 6 heteroatoms. The average Bonchev–Trinajstić information content (AvgIpc) is 2.77. The fourth-order valence-corrected chi connectivity index (χ4v) is 2.90. The van der Waals surface area contributed by atoms with Crippen molar-refractivity contribution < 1.29 is 0 Å². The van der Waals surface area contributed by atoms with Gasteiger partial charge in [0.05, 0.1) is 0 Å². The Balaban J connectivity index is 2.04. The highest BCUT2D eigenvalue weighted by Crippen LogP contribution is 2.28. The maximum Gasteiger partial charge on any atom is 0.210 e. The van der Waals surface area contributed by atoms with Gasteiger partial charge in [-0.3, -0.25) is 0 Å². The third-order valence-corrected chi connectivity index (χ3v) is 4.14. The molecule has 0 aliphatic carbocycles. The van der Waals surface area contributed by atoms with E-state index < -0.39 is 0 Å². The molecule has 4 nitrogen and oxygen atoms in total. The molecule has 0 fully saturated rings. The van der Waals surface area contributed by atoms with Crippen molar-refractivity contribution in [3.05, 3.63) is 29.8 Å². The zero-order chi connectivity index (χ0) is 12.1. The van der Waals surface area contributed by atoms with Crippen molar-refractivity contribution in [1.82, 2.24) is 10.2 Å². The Morgan fingerprint density at radius 2 is 2.18 bits per heavy atom. The van der Waals surface area contributed by atoms with E-state index in [-0.39, 0.29) is 0 Å². The molecule has 0 atom stereocenters. The number of rotatable bonds is 5. The highest BCUT2D eigenvalue weighted by atomic mass is 32.2. The van der Waals surface area contributed by atoms with Crippen molar-refractivity contribution >= 4 is 33.9 Å². The number of nitrogens with zero attached hydrogens (tertiary/aromatic N) is 2. The van der Waals surface area contributed by atoms with E-state index >= 15 is 0 Å². The number of thioether (sulfide) groups is 1. The van der Waals surface area contributed by atoms with E-state index in [1.54, 1.807) is 23.1 Å². The Kier molecular flexibility index (Phi) is 4.36. The van der Waals surface area contributed by atoms with Crippen LogP contribution in [-0.2, 0) is 0 Å². The van der Waals surface area contributed by atoms with Crippen LogP contribution < -0.4 is 11.1 Å². The van der Waals surface area contributed by atoms with E-state index in [4.69, 9.17) is 5.73 Å². The second kappa shape index (κ2) is 6.00. The van der Waals surface area contributed by atoms with Crippen LogP contribution in [0.2, 0.25) is 0 Å². The monoisotopic (exact) mass is 266 g/mol. The van der Waals surface area contributed by atoms with Crippen LogP contribution in [0, 0.1) is 6.92 Å². The summed E-state index contributed by atoms with van der Waals surface area (Å²) in [4.78, 5) is 0. The number of aryl methyl sites for hydroxylation is 1. The van der Waals surface area contributed by atoms with Gasteiger partial charge in [-0.05, 0) is 18.6 Å². The largest absolute Gasteiger partial charge is 0.330 e. The third-order valence-electron chi connectivity index (χ3n) is 2.14. The number of aromatic nitrogens is 2. The van der Waals surface area contributed by atoms with Gasteiger partial charge in [0, 0.05) is 18.0 Å². The first-order valence-electron chi connectivity index (χ1n) is 5.28. The second-order valence-corrected chi connectivity index (χ2v) is 5.77. The SMILES string of the molecule is Cc1ccccc1Nc1nnc(SCCN)s1. The van der Waals surface area contributed by atoms with Crippen LogP contribution in [0.5, 0.6) is 0 Å². The molecule has 0 radical (unpaired) electrons. The van der Waals surface area contributed by atoms with Crippen LogP contribution in [0.1, 0.15) is 5.56 Å². The van der Waals surface area contributed by atoms with Crippen molar-refractivity contribution in [2.24, 2.45) is 5.73 Å². The van der Waals surface area contributed by atoms with Crippen LogP contribution >= 0.6 is 23.1 Å². The van der Waals surface area contributed by atoms with Crippen LogP contribution in [0.15, 0.2) is 28.6 Å². The first-order valence-corrected chi connectivity index (χ1v) is 7.09. The first-order chi connectivity index (χ1) is 8.29. The smallest absolute Gasteiger partial charge is 0.210 e. The van der Waals surface area contributed by atoms with Gasteiger partial charge in [0.2, 0.25) is 5.13 Å². The van der Waals surface area contributed by atoms with Crippen molar-refractivity contribution in [3.8, 4) is 0 Å². The molecule has 0 unspecified atom stereocenters. The predicted molar refractivity (Wildman–Crippen MR) is 74.1 cm³/mol. The quantitative estimate of drug-likeness (QED) is 0.815. The van der Waals surface area contributed by atoms with Crippen molar-refractivity contribution in [2.45, 2.75) is 11.3 Å². The van der Waals surface area contributed by atoms with Gasteiger partial charge in [-0.2, -0.15) is 0 Å². The summed E-state index contributed by atoms with van der Waals surface area (Å²) < 4.78 is 0.950. The lowest BCUT2D eigenvalue weighted by molar-refractivity contribution is 1.01. The van der Waals surface area contributed by atoms with Gasteiger partial charge in [-0.1, -0.05) is 41.3 Å². The van der Waals surface area contributed by atoms with Gasteiger partial charge in [0.1, 0.15) is 0 Å². The molecule has 0 aliphatic rings. The summed E-state index contributed by atoms with van der Waals surface area (Å²) >= 11 is 3.19. The van der Waals surface area contributed by atoms with E-state index in [9.17, 15) is 0 Å². The van der Waals surface area contributed by atoms with Crippen LogP contribution in [0.3, 0.4) is 0 Å². The Hall–Kier alpha value is -1.11. The molecule has 2 rings (SSSR count). The van der Waals surface area contributed by atoms with Gasteiger partial charge in [0.25, 0.3) is 0 Å². The maximum absolute atomic E-state index is 5.45. The minimum atomic E-state index is 0.658. The van der Waals surface area contributed by atoms with Gasteiger partial charge in [-0.15, -0.1) is 10.2 Å². The highest BCUT2D eigenvalue weighted by molar-refractivity contribution is 8.01. The lowest BCUT2D eigenvalue weighted by Crippen LogP contribution is -2.00. The summed E-state index contributed by atoms with van der Waals surface area (Å²) in [6, 6.07) is 8.11. The van der Waals surface area contributed by atoms with Gasteiger partial charge >= 0.3 is 0 Å². The predicted octanol–water partition coefficient (Wildman–Crippen LogP) is 2.64. The van der Waals surface area contributed by atoms with Crippen molar-refractivity contribution in [2.75, 3.05) is 17.6 Å². The van der Waals surface area contributed by atoms with E-state index in [0.717, 1.165) is 20.9 Å². The summed E-state index contributed by atoms with van der Waals surface area (Å²) in [5.74, 6) is 0.874. The number of hydrogen-bond donors (Lipinski definition) is 2. The van der Waals surface area contributed by atoms with Crippen LogP contribution in [-0.4, -0.2) is 22.5 Å². The molecule has 0 saturated carbocycles. The molecule has 1 aromatic heterocycles. The Morgan fingerprint density at radius 1 is 1.35 bits per heavy atom. The zero-order valence-electron chi connectivity index (χ0n) is 9.51. The molecular formula is C11H14N4S2. The van der Waals surface area contributed by atoms with Gasteiger partial charge < -0.3 is 11.1 Å². The first kappa shape index (κ1) is 12.3. The molecule has 1 heterocycles. The average molecular weight is 266 g/mol. The fraction of sp³-hybridized carbons (Fsp3) is 0.273. The van der Waals surface area contributed by atoms with Crippen LogP contribution in [0.4, 0.5) is 10.8 Å². The number of benzene rings is 1. The maximum atomic E-state index is 5.45. The topological polar surface area (TPSA) is 63.8 Å². The number of hydrogen-bond acceptors (Lipinski definition) is 6. The Labute approximate surface area is 109 Å². The fourth-order valence-electron chi connectivity index (χ4n) is 1.29. The molecule has 90 valence electrons. The number of para-hydroxylation sites is 1. The molecule has 3 N–H and O–H groups in total. The summed E-state index contributed by atoms with van der Waals surface area (Å²) in [6.45, 7) is 2.72. The molecule has 0 amide bonds. The lowest BCUT2D eigenvalue weighted by atomic mass is 10.2. The Morgan fingerprint density at radius 3 is 2.94 bits per heavy atom. The van der Waals surface area contributed by atoms with Gasteiger partial charge in [0.15, 0.2) is 4.34 Å². The number of anilines is 2. The van der Waals surface area contributed by atoms with E-state index in [1.165, 1.54) is 5.56 Å². The number of nitrogens with one attached hydrogen (secondary N) is 1. The lowest BCUT2D eigenvalue weighted by Gasteiger charge is -2.04. The summed E-state index contributed by atoms with van der Waals surface area (Å²) in [7, 11) is 0. The molecular weight excluding hydrogens is 252 g/mol. The third kappa shape index (κ3) is 3.42. The summed E-state index contributed by atoms with van der Waals surface area (Å²) in [5.41, 5.74) is 7.71. The van der Waals surface area contributed by atoms with Gasteiger partial charge in [-0.25, -0.2) is 0 Å². The van der Waals surface area contributed by atoms with Crippen LogP contribution in [0.25, 0.3) is 0 Å². The van der Waals surface area contributed by atoms with E-state index in [1.807, 2.05) is 18.2 Å². The Bertz CT molecular complexity index is 484. The second-order valence-electron chi connectivity index (χ2n) is 3.45. The molecule has 17 heavy (non-hydrogen) atoms. The molecule has 2 aromatic rings. The molecule has 1 aromatic carbocycles. The molecule has 0 aliphatic heterocycles. The summed E-state index contributed by atoms with van der Waals surface area (Å²) in [5, 5.41) is 12.3. The van der Waals surface area contributed by atoms with E-state index in [0.29, 0.717) is 6.54 Å². The minimum Gasteiger partial charge on any atom is -0.330 e. The number of nitrogens with two attached hydrogens (primary N) is 1. The zero-order valence-corrected chi connectivity index (χ0v) is 11.1. The van der Waals surface area contributed by atoms with Crippen molar-refractivity contribution in [3.63, 3.8) is 0 Å². The highest BCUT2D eigenvalue weighted by Gasteiger charge is 2.05. The minimum absolute atomic E-state index is 0.658. The molecule has 0 saturated heterocycles. The normalized spacial score (nSPS) is 10.5. The van der Waals surface area contributed by atoms with E-state index in [2.05, 4.69) is 28.5 Å². The molecule has 0 bridgehead atoms. The standard InChI is InChI=1S/C11H14N4S2/c1-8-4-2-3-5-9(8)13-10-14-15-11(17-10)16-7-6-12/h2-5H,6-7,12H2,1H3,(H,13,14). The summed E-state index contributed by atoms with van der Waals surface area (Å²) in [6.07, 6.45) is 0.